The Balaban J connectivity index is 2.18. The van der Waals surface area contributed by atoms with Crippen LogP contribution in [0, 0.1) is 0 Å². The van der Waals surface area contributed by atoms with Gasteiger partial charge in [-0.3, -0.25) is 4.68 Å². The molecule has 1 aliphatic carbocycles. The minimum atomic E-state index is -3.41. The van der Waals surface area contributed by atoms with Gasteiger partial charge >= 0.3 is 0 Å². The van der Waals surface area contributed by atoms with E-state index in [4.69, 9.17) is 5.73 Å². The zero-order valence-corrected chi connectivity index (χ0v) is 11.4. The molecule has 0 amide bonds. The summed E-state index contributed by atoms with van der Waals surface area (Å²) in [5, 5.41) is 4.01. The third kappa shape index (κ3) is 2.57. The average Bonchev–Trinajstić information content (AvgIpc) is 2.99. The Morgan fingerprint density at radius 3 is 2.78 bits per heavy atom. The van der Waals surface area contributed by atoms with Crippen molar-refractivity contribution in [1.82, 2.24) is 14.1 Å². The lowest BCUT2D eigenvalue weighted by molar-refractivity contribution is 0.373. The van der Waals surface area contributed by atoms with E-state index >= 15 is 0 Å². The second-order valence-electron chi connectivity index (χ2n) is 4.69. The van der Waals surface area contributed by atoms with E-state index in [2.05, 4.69) is 5.10 Å². The van der Waals surface area contributed by atoms with Crippen molar-refractivity contribution < 1.29 is 8.42 Å². The summed E-state index contributed by atoms with van der Waals surface area (Å²) in [6.07, 6.45) is 7.07. The van der Waals surface area contributed by atoms with Crippen molar-refractivity contribution in [3.05, 3.63) is 12.4 Å². The fourth-order valence-corrected chi connectivity index (χ4v) is 3.73. The fraction of sp³-hybridized carbons (Fsp3) is 0.727. The molecule has 1 fully saturated rings. The molecule has 1 aliphatic rings. The van der Waals surface area contributed by atoms with Crippen LogP contribution < -0.4 is 5.73 Å². The lowest BCUT2D eigenvalue weighted by Gasteiger charge is -2.22. The molecule has 6 nitrogen and oxygen atoms in total. The SMILES string of the molecule is CN(C1CCCC1)S(=O)(=O)c1cnn(CCN)c1. The summed E-state index contributed by atoms with van der Waals surface area (Å²) in [7, 11) is -1.75. The minimum absolute atomic E-state index is 0.132. The molecule has 0 unspecified atom stereocenters. The van der Waals surface area contributed by atoms with Gasteiger partial charge in [-0.25, -0.2) is 8.42 Å². The summed E-state index contributed by atoms with van der Waals surface area (Å²) in [5.41, 5.74) is 5.42. The molecule has 18 heavy (non-hydrogen) atoms. The van der Waals surface area contributed by atoms with Gasteiger partial charge in [0.2, 0.25) is 10.0 Å². The second kappa shape index (κ2) is 5.38. The molecule has 2 rings (SSSR count). The molecule has 2 N–H and O–H groups in total. The van der Waals surface area contributed by atoms with E-state index < -0.39 is 10.0 Å². The molecular formula is C11H20N4O2S. The maximum atomic E-state index is 12.4. The number of nitrogens with zero attached hydrogens (tertiary/aromatic N) is 3. The van der Waals surface area contributed by atoms with E-state index in [1.165, 1.54) is 10.5 Å². The van der Waals surface area contributed by atoms with E-state index in [1.807, 2.05) is 0 Å². The molecule has 0 spiro atoms. The van der Waals surface area contributed by atoms with Crippen molar-refractivity contribution in [1.29, 1.82) is 0 Å². The maximum absolute atomic E-state index is 12.4. The van der Waals surface area contributed by atoms with Crippen molar-refractivity contribution in [3.63, 3.8) is 0 Å². The zero-order valence-electron chi connectivity index (χ0n) is 10.6. The van der Waals surface area contributed by atoms with Crippen LogP contribution >= 0.6 is 0 Å². The predicted molar refractivity (Wildman–Crippen MR) is 68.5 cm³/mol. The zero-order chi connectivity index (χ0) is 13.2. The van der Waals surface area contributed by atoms with Crippen molar-refractivity contribution in [2.75, 3.05) is 13.6 Å². The third-order valence-electron chi connectivity index (χ3n) is 3.48. The predicted octanol–water partition coefficient (Wildman–Crippen LogP) is 0.405. The van der Waals surface area contributed by atoms with Gasteiger partial charge in [0.1, 0.15) is 4.90 Å². The first-order valence-corrected chi connectivity index (χ1v) is 7.70. The number of aromatic nitrogens is 2. The highest BCUT2D eigenvalue weighted by Crippen LogP contribution is 2.26. The number of rotatable bonds is 5. The molecule has 102 valence electrons. The molecule has 0 saturated heterocycles. The topological polar surface area (TPSA) is 81.2 Å². The Bertz CT molecular complexity index is 491. The van der Waals surface area contributed by atoms with Crippen molar-refractivity contribution in [2.24, 2.45) is 5.73 Å². The highest BCUT2D eigenvalue weighted by atomic mass is 32.2. The molecule has 0 bridgehead atoms. The van der Waals surface area contributed by atoms with Gasteiger partial charge in [0, 0.05) is 25.8 Å². The lowest BCUT2D eigenvalue weighted by Crippen LogP contribution is -2.35. The largest absolute Gasteiger partial charge is 0.329 e. The second-order valence-corrected chi connectivity index (χ2v) is 6.68. The first-order valence-electron chi connectivity index (χ1n) is 6.26. The summed E-state index contributed by atoms with van der Waals surface area (Å²) < 4.78 is 27.8. The highest BCUT2D eigenvalue weighted by Gasteiger charge is 2.30. The Kier molecular flexibility index (Phi) is 4.04. The molecule has 7 heteroatoms. The monoisotopic (exact) mass is 272 g/mol. The first-order chi connectivity index (χ1) is 8.55. The molecule has 1 aromatic heterocycles. The smallest absolute Gasteiger partial charge is 0.246 e. The Morgan fingerprint density at radius 2 is 2.17 bits per heavy atom. The van der Waals surface area contributed by atoms with Gasteiger partial charge in [-0.05, 0) is 12.8 Å². The quantitative estimate of drug-likeness (QED) is 0.841. The van der Waals surface area contributed by atoms with Crippen LogP contribution in [-0.2, 0) is 16.6 Å². The van der Waals surface area contributed by atoms with E-state index in [0.717, 1.165) is 25.7 Å². The van der Waals surface area contributed by atoms with Crippen LogP contribution in [0.5, 0.6) is 0 Å². The minimum Gasteiger partial charge on any atom is -0.329 e. The van der Waals surface area contributed by atoms with Gasteiger partial charge < -0.3 is 5.73 Å². The van der Waals surface area contributed by atoms with E-state index in [1.54, 1.807) is 17.9 Å². The molecule has 1 heterocycles. The van der Waals surface area contributed by atoms with Gasteiger partial charge in [-0.1, -0.05) is 12.8 Å². The summed E-state index contributed by atoms with van der Waals surface area (Å²) in [4.78, 5) is 0.255. The van der Waals surface area contributed by atoms with Crippen LogP contribution in [0.1, 0.15) is 25.7 Å². The van der Waals surface area contributed by atoms with Crippen LogP contribution in [0.15, 0.2) is 17.3 Å². The number of hydrogen-bond acceptors (Lipinski definition) is 4. The van der Waals surface area contributed by atoms with Crippen molar-refractivity contribution in [2.45, 2.75) is 43.2 Å². The third-order valence-corrected chi connectivity index (χ3v) is 5.35. The van der Waals surface area contributed by atoms with Gasteiger partial charge in [0.05, 0.1) is 12.7 Å². The molecule has 1 saturated carbocycles. The number of sulfonamides is 1. The lowest BCUT2D eigenvalue weighted by atomic mass is 10.3. The van der Waals surface area contributed by atoms with Crippen LogP contribution in [0.25, 0.3) is 0 Å². The highest BCUT2D eigenvalue weighted by molar-refractivity contribution is 7.89. The van der Waals surface area contributed by atoms with Gasteiger partial charge in [0.25, 0.3) is 0 Å². The van der Waals surface area contributed by atoms with Gasteiger partial charge in [0.15, 0.2) is 0 Å². The fourth-order valence-electron chi connectivity index (χ4n) is 2.36. The Labute approximate surface area is 108 Å². The van der Waals surface area contributed by atoms with Crippen molar-refractivity contribution >= 4 is 10.0 Å². The van der Waals surface area contributed by atoms with E-state index in [9.17, 15) is 8.42 Å². The maximum Gasteiger partial charge on any atom is 0.246 e. The normalized spacial score (nSPS) is 17.7. The molecule has 0 atom stereocenters. The van der Waals surface area contributed by atoms with Crippen molar-refractivity contribution in [3.8, 4) is 0 Å². The number of nitrogens with two attached hydrogens (primary N) is 1. The molecule has 0 aromatic carbocycles. The molecule has 0 radical (unpaired) electrons. The summed E-state index contributed by atoms with van der Waals surface area (Å²) in [6.45, 7) is 0.974. The molecule has 0 aliphatic heterocycles. The van der Waals surface area contributed by atoms with Crippen LogP contribution in [0.3, 0.4) is 0 Å². The number of hydrogen-bond donors (Lipinski definition) is 1. The van der Waals surface area contributed by atoms with Gasteiger partial charge in [-0.15, -0.1) is 0 Å². The standard InChI is InChI=1S/C11H20N4O2S/c1-14(10-4-2-3-5-10)18(16,17)11-8-13-15(9-11)7-6-12/h8-10H,2-7,12H2,1H3. The Morgan fingerprint density at radius 1 is 1.50 bits per heavy atom. The van der Waals surface area contributed by atoms with E-state index in [-0.39, 0.29) is 10.9 Å². The van der Waals surface area contributed by atoms with Crippen LogP contribution in [0.2, 0.25) is 0 Å². The van der Waals surface area contributed by atoms with Crippen LogP contribution in [-0.4, -0.2) is 42.1 Å². The summed E-state index contributed by atoms with van der Waals surface area (Å²) >= 11 is 0. The Hall–Kier alpha value is -0.920. The van der Waals surface area contributed by atoms with Crippen LogP contribution in [0.4, 0.5) is 0 Å². The molecule has 1 aromatic rings. The molecular weight excluding hydrogens is 252 g/mol. The average molecular weight is 272 g/mol. The first kappa shape index (κ1) is 13.5. The summed E-state index contributed by atoms with van der Waals surface area (Å²) in [6, 6.07) is 0.132. The van der Waals surface area contributed by atoms with E-state index in [0.29, 0.717) is 13.1 Å². The summed E-state index contributed by atoms with van der Waals surface area (Å²) in [5.74, 6) is 0. The van der Waals surface area contributed by atoms with Gasteiger partial charge in [-0.2, -0.15) is 9.40 Å².